The van der Waals surface area contributed by atoms with E-state index in [1.165, 1.54) is 18.1 Å². The lowest BCUT2D eigenvalue weighted by atomic mass is 10.00. The highest BCUT2D eigenvalue weighted by Gasteiger charge is 2.33. The zero-order valence-corrected chi connectivity index (χ0v) is 19.7. The molecule has 2 atom stereocenters. The van der Waals surface area contributed by atoms with E-state index in [2.05, 4.69) is 13.8 Å². The Morgan fingerprint density at radius 1 is 1.31 bits per heavy atom. The second kappa shape index (κ2) is 11.4. The first-order chi connectivity index (χ1) is 15.4. The summed E-state index contributed by atoms with van der Waals surface area (Å²) in [6, 6.07) is 7.92. The van der Waals surface area contributed by atoms with Crippen molar-refractivity contribution in [1.82, 2.24) is 9.80 Å². The van der Waals surface area contributed by atoms with Crippen molar-refractivity contribution in [1.29, 1.82) is 0 Å². The number of hydrogen-bond acceptors (Lipinski definition) is 5. The summed E-state index contributed by atoms with van der Waals surface area (Å²) >= 11 is 1.66. The summed E-state index contributed by atoms with van der Waals surface area (Å²) < 4.78 is 24.9. The molecule has 1 aromatic heterocycles. The van der Waals surface area contributed by atoms with Gasteiger partial charge in [-0.3, -0.25) is 9.59 Å². The summed E-state index contributed by atoms with van der Waals surface area (Å²) in [5.41, 5.74) is 1.03. The minimum absolute atomic E-state index is 0.0117. The second-order valence-corrected chi connectivity index (χ2v) is 9.11. The second-order valence-electron chi connectivity index (χ2n) is 8.11. The number of benzene rings is 1. The Kier molecular flexibility index (Phi) is 8.64. The Hall–Kier alpha value is -2.45. The minimum Gasteiger partial charge on any atom is -0.488 e. The number of halogens is 1. The van der Waals surface area contributed by atoms with Gasteiger partial charge in [-0.25, -0.2) is 4.39 Å². The van der Waals surface area contributed by atoms with Crippen molar-refractivity contribution in [3.05, 3.63) is 52.0 Å². The van der Waals surface area contributed by atoms with Gasteiger partial charge in [-0.05, 0) is 41.5 Å². The van der Waals surface area contributed by atoms with E-state index in [-0.39, 0.29) is 49.3 Å². The van der Waals surface area contributed by atoms with Crippen molar-refractivity contribution in [2.24, 2.45) is 5.92 Å². The number of fused-ring (bicyclic) bond motifs is 1. The lowest BCUT2D eigenvalue weighted by Gasteiger charge is -2.37. The molecule has 8 heteroatoms. The lowest BCUT2D eigenvalue weighted by Crippen LogP contribution is -2.49. The number of carbonyl (C=O) groups excluding carboxylic acids is 2. The molecule has 1 aliphatic heterocycles. The Morgan fingerprint density at radius 2 is 2.09 bits per heavy atom. The van der Waals surface area contributed by atoms with E-state index in [4.69, 9.17) is 9.47 Å². The van der Waals surface area contributed by atoms with Crippen molar-refractivity contribution in [3.8, 4) is 5.75 Å². The Labute approximate surface area is 192 Å². The molecule has 0 unspecified atom stereocenters. The van der Waals surface area contributed by atoms with Crippen LogP contribution in [-0.2, 0) is 20.7 Å². The van der Waals surface area contributed by atoms with Gasteiger partial charge in [0, 0.05) is 25.1 Å². The maximum atomic E-state index is 14.1. The summed E-state index contributed by atoms with van der Waals surface area (Å²) in [5.74, 6) is -0.341. The highest BCUT2D eigenvalue weighted by molar-refractivity contribution is 7.10. The predicted molar refractivity (Wildman–Crippen MR) is 122 cm³/mol. The van der Waals surface area contributed by atoms with Gasteiger partial charge in [-0.1, -0.05) is 32.4 Å². The van der Waals surface area contributed by atoms with E-state index >= 15 is 0 Å². The van der Waals surface area contributed by atoms with Crippen molar-refractivity contribution in [3.63, 3.8) is 0 Å². The highest BCUT2D eigenvalue weighted by atomic mass is 32.1. The first-order valence-corrected chi connectivity index (χ1v) is 11.8. The molecule has 1 aromatic carbocycles. The number of methoxy groups -OCH3 is 1. The van der Waals surface area contributed by atoms with Gasteiger partial charge in [0.25, 0.3) is 0 Å². The molecule has 0 aliphatic carbocycles. The van der Waals surface area contributed by atoms with Crippen LogP contribution in [0, 0.1) is 11.7 Å². The molecule has 0 saturated heterocycles. The Morgan fingerprint density at radius 3 is 2.81 bits per heavy atom. The molecule has 0 bridgehead atoms. The quantitative estimate of drug-likeness (QED) is 0.537. The standard InChI is InChI=1S/C24H31FN2O4S/c1-4-17(2)13-26(24(29)16-30-3)14-23(28)27-11-9-22-18(10-12-32-22)20(27)15-31-21-8-6-5-7-19(21)25/h5-8,10,12,17,20H,4,9,11,13-16H2,1-3H3/t17-,20-/m0/s1. The molecule has 0 radical (unpaired) electrons. The third-order valence-corrected chi connectivity index (χ3v) is 6.82. The van der Waals surface area contributed by atoms with E-state index in [0.29, 0.717) is 13.1 Å². The zero-order valence-electron chi connectivity index (χ0n) is 18.9. The molecule has 2 amide bonds. The normalized spacial score (nSPS) is 16.4. The fourth-order valence-corrected chi connectivity index (χ4v) is 4.76. The fraction of sp³-hybridized carbons (Fsp3) is 0.500. The predicted octanol–water partition coefficient (Wildman–Crippen LogP) is 3.91. The summed E-state index contributed by atoms with van der Waals surface area (Å²) in [4.78, 5) is 30.5. The number of thiophene rings is 1. The van der Waals surface area contributed by atoms with Crippen LogP contribution in [0.1, 0.15) is 36.8 Å². The van der Waals surface area contributed by atoms with Crippen LogP contribution in [-0.4, -0.2) is 61.6 Å². The molecule has 0 fully saturated rings. The Balaban J connectivity index is 1.77. The lowest BCUT2D eigenvalue weighted by molar-refractivity contribution is -0.145. The van der Waals surface area contributed by atoms with E-state index < -0.39 is 5.82 Å². The number of para-hydroxylation sites is 1. The first-order valence-electron chi connectivity index (χ1n) is 10.9. The fourth-order valence-electron chi connectivity index (χ4n) is 3.83. The highest BCUT2D eigenvalue weighted by Crippen LogP contribution is 2.34. The monoisotopic (exact) mass is 462 g/mol. The van der Waals surface area contributed by atoms with Crippen LogP contribution in [0.2, 0.25) is 0 Å². The molecule has 3 rings (SSSR count). The Bertz CT molecular complexity index is 919. The van der Waals surface area contributed by atoms with Gasteiger partial charge >= 0.3 is 0 Å². The number of hydrogen-bond donors (Lipinski definition) is 0. The smallest absolute Gasteiger partial charge is 0.249 e. The van der Waals surface area contributed by atoms with Crippen LogP contribution < -0.4 is 4.74 Å². The minimum atomic E-state index is -0.434. The van der Waals surface area contributed by atoms with E-state index in [1.807, 2.05) is 11.4 Å². The maximum absolute atomic E-state index is 14.1. The summed E-state index contributed by atoms with van der Waals surface area (Å²) in [7, 11) is 1.47. The van der Waals surface area contributed by atoms with Crippen LogP contribution >= 0.6 is 11.3 Å². The molecular weight excluding hydrogens is 431 g/mol. The largest absolute Gasteiger partial charge is 0.488 e. The molecule has 6 nitrogen and oxygen atoms in total. The average Bonchev–Trinajstić information content (AvgIpc) is 3.27. The van der Waals surface area contributed by atoms with Crippen molar-refractivity contribution in [2.75, 3.05) is 40.0 Å². The molecule has 0 N–H and O–H groups in total. The van der Waals surface area contributed by atoms with E-state index in [9.17, 15) is 14.0 Å². The topological polar surface area (TPSA) is 59.1 Å². The van der Waals surface area contributed by atoms with Gasteiger partial charge in [0.2, 0.25) is 11.8 Å². The number of nitrogens with zero attached hydrogens (tertiary/aromatic N) is 2. The van der Waals surface area contributed by atoms with E-state index in [0.717, 1.165) is 18.4 Å². The molecule has 32 heavy (non-hydrogen) atoms. The van der Waals surface area contributed by atoms with Crippen molar-refractivity contribution < 1.29 is 23.5 Å². The zero-order chi connectivity index (χ0) is 23.1. The maximum Gasteiger partial charge on any atom is 0.249 e. The third kappa shape index (κ3) is 5.86. The number of amides is 2. The van der Waals surface area contributed by atoms with Gasteiger partial charge < -0.3 is 19.3 Å². The molecule has 2 heterocycles. The van der Waals surface area contributed by atoms with Gasteiger partial charge in [0.1, 0.15) is 13.2 Å². The molecule has 0 saturated carbocycles. The van der Waals surface area contributed by atoms with Crippen LogP contribution in [0.5, 0.6) is 5.75 Å². The molecule has 1 aliphatic rings. The van der Waals surface area contributed by atoms with Gasteiger partial charge in [-0.15, -0.1) is 11.3 Å². The van der Waals surface area contributed by atoms with Crippen molar-refractivity contribution in [2.45, 2.75) is 32.7 Å². The van der Waals surface area contributed by atoms with Gasteiger partial charge in [-0.2, -0.15) is 0 Å². The third-order valence-electron chi connectivity index (χ3n) is 5.82. The summed E-state index contributed by atoms with van der Waals surface area (Å²) in [6.45, 7) is 5.23. The molecular formula is C24H31FN2O4S. The van der Waals surface area contributed by atoms with Gasteiger partial charge in [0.05, 0.1) is 12.6 Å². The van der Waals surface area contributed by atoms with Gasteiger partial charge in [0.15, 0.2) is 11.6 Å². The average molecular weight is 463 g/mol. The summed E-state index contributed by atoms with van der Waals surface area (Å²) in [6.07, 6.45) is 1.67. The van der Waals surface area contributed by atoms with Crippen LogP contribution in [0.4, 0.5) is 4.39 Å². The molecule has 2 aromatic rings. The molecule has 174 valence electrons. The van der Waals surface area contributed by atoms with E-state index in [1.54, 1.807) is 39.3 Å². The number of carbonyl (C=O) groups is 2. The SMILES string of the molecule is CC[C@H](C)CN(CC(=O)N1CCc2sccc2[C@@H]1COc1ccccc1F)C(=O)COC. The number of rotatable bonds is 10. The number of ether oxygens (including phenoxy) is 2. The summed E-state index contributed by atoms with van der Waals surface area (Å²) in [5, 5.41) is 2.01. The molecule has 0 spiro atoms. The van der Waals surface area contributed by atoms with Crippen LogP contribution in [0.3, 0.4) is 0 Å². The van der Waals surface area contributed by atoms with Crippen LogP contribution in [0.25, 0.3) is 0 Å². The van der Waals surface area contributed by atoms with Crippen molar-refractivity contribution >= 4 is 23.2 Å². The van der Waals surface area contributed by atoms with Crippen LogP contribution in [0.15, 0.2) is 35.7 Å². The first kappa shape index (κ1) is 24.2.